The topological polar surface area (TPSA) is 222 Å². The predicted octanol–water partition coefficient (Wildman–Crippen LogP) is -0.627. The van der Waals surface area contributed by atoms with E-state index in [1.165, 1.54) is 12.5 Å². The standard InChI is InChI=1S/C26H37N7O6/c1-15(2)10-21(26(38)39)33-25(37)20(12-17-13-29-14-30-17)32-24(36)19(8-9-22(28)34)31-23(35)18(27)11-16-6-4-3-5-7-16/h3-7,13-15,18-21H,8-12,27H2,1-2H3,(H2,28,34)(H,29,30)(H,31,35)(H,32,36)(H,33,37)(H,38,39). The van der Waals surface area contributed by atoms with Crippen molar-refractivity contribution >= 4 is 29.6 Å². The van der Waals surface area contributed by atoms with Crippen molar-refractivity contribution in [2.24, 2.45) is 17.4 Å². The minimum absolute atomic E-state index is 0.0134. The lowest BCUT2D eigenvalue weighted by molar-refractivity contribution is -0.142. The van der Waals surface area contributed by atoms with E-state index in [0.29, 0.717) is 5.69 Å². The lowest BCUT2D eigenvalue weighted by atomic mass is 10.0. The van der Waals surface area contributed by atoms with Crippen molar-refractivity contribution in [1.82, 2.24) is 25.9 Å². The third-order valence-electron chi connectivity index (χ3n) is 5.88. The van der Waals surface area contributed by atoms with Gasteiger partial charge in [-0.3, -0.25) is 19.2 Å². The first-order valence-corrected chi connectivity index (χ1v) is 12.6. The van der Waals surface area contributed by atoms with Crippen LogP contribution in [0.15, 0.2) is 42.9 Å². The number of aliphatic carboxylic acids is 1. The van der Waals surface area contributed by atoms with E-state index in [1.54, 1.807) is 0 Å². The number of primary amides is 1. The van der Waals surface area contributed by atoms with E-state index >= 15 is 0 Å². The number of amides is 4. The number of carboxylic acids is 1. The van der Waals surface area contributed by atoms with Gasteiger partial charge in [0.1, 0.15) is 18.1 Å². The second kappa shape index (κ2) is 15.2. The Labute approximate surface area is 226 Å². The van der Waals surface area contributed by atoms with Crippen LogP contribution in [0, 0.1) is 5.92 Å². The number of benzene rings is 1. The molecule has 13 heteroatoms. The van der Waals surface area contributed by atoms with Crippen molar-refractivity contribution in [3.8, 4) is 0 Å². The Morgan fingerprint density at radius 2 is 1.54 bits per heavy atom. The number of nitrogens with zero attached hydrogens (tertiary/aromatic N) is 1. The van der Waals surface area contributed by atoms with Gasteiger partial charge >= 0.3 is 5.97 Å². The summed E-state index contributed by atoms with van der Waals surface area (Å²) in [6.45, 7) is 3.64. The second-order valence-electron chi connectivity index (χ2n) is 9.73. The Morgan fingerprint density at radius 3 is 2.10 bits per heavy atom. The molecule has 1 aromatic heterocycles. The van der Waals surface area contributed by atoms with Crippen LogP contribution in [-0.4, -0.2) is 68.8 Å². The minimum Gasteiger partial charge on any atom is -0.480 e. The van der Waals surface area contributed by atoms with E-state index in [4.69, 9.17) is 11.5 Å². The summed E-state index contributed by atoms with van der Waals surface area (Å²) in [5, 5.41) is 17.1. The number of imidazole rings is 1. The molecule has 13 nitrogen and oxygen atoms in total. The van der Waals surface area contributed by atoms with Gasteiger partial charge in [0.05, 0.1) is 12.4 Å². The van der Waals surface area contributed by atoms with Gasteiger partial charge in [-0.15, -0.1) is 0 Å². The fourth-order valence-electron chi connectivity index (χ4n) is 3.86. The van der Waals surface area contributed by atoms with E-state index in [2.05, 4.69) is 25.9 Å². The Hall–Kier alpha value is -4.26. The van der Waals surface area contributed by atoms with Crippen molar-refractivity contribution < 1.29 is 29.1 Å². The molecule has 9 N–H and O–H groups in total. The first kappa shape index (κ1) is 31.0. The number of carboxylic acid groups (broad SMARTS) is 1. The van der Waals surface area contributed by atoms with Gasteiger partial charge in [0.15, 0.2) is 0 Å². The average Bonchev–Trinajstić information content (AvgIpc) is 3.38. The molecule has 0 saturated carbocycles. The molecule has 0 saturated heterocycles. The van der Waals surface area contributed by atoms with Crippen molar-refractivity contribution in [2.45, 2.75) is 70.1 Å². The lowest BCUT2D eigenvalue weighted by Crippen LogP contribution is -2.58. The molecule has 2 rings (SSSR count). The van der Waals surface area contributed by atoms with Crippen molar-refractivity contribution in [3.63, 3.8) is 0 Å². The van der Waals surface area contributed by atoms with Crippen LogP contribution < -0.4 is 27.4 Å². The number of nitrogens with one attached hydrogen (secondary N) is 4. The fourth-order valence-corrected chi connectivity index (χ4v) is 3.86. The highest BCUT2D eigenvalue weighted by molar-refractivity contribution is 5.94. The molecule has 1 heterocycles. The van der Waals surface area contributed by atoms with Crippen LogP contribution in [0.5, 0.6) is 0 Å². The monoisotopic (exact) mass is 543 g/mol. The molecule has 4 atom stereocenters. The van der Waals surface area contributed by atoms with Gasteiger partial charge in [0.2, 0.25) is 23.6 Å². The highest BCUT2D eigenvalue weighted by Gasteiger charge is 2.31. The van der Waals surface area contributed by atoms with Crippen molar-refractivity contribution in [2.75, 3.05) is 0 Å². The summed E-state index contributed by atoms with van der Waals surface area (Å²) in [4.78, 5) is 69.1. The van der Waals surface area contributed by atoms with Gasteiger partial charge in [-0.05, 0) is 30.7 Å². The van der Waals surface area contributed by atoms with Crippen LogP contribution in [0.3, 0.4) is 0 Å². The van der Waals surface area contributed by atoms with E-state index < -0.39 is 53.8 Å². The van der Waals surface area contributed by atoms with E-state index in [1.807, 2.05) is 44.2 Å². The number of nitrogens with two attached hydrogens (primary N) is 2. The highest BCUT2D eigenvalue weighted by atomic mass is 16.4. The third-order valence-corrected chi connectivity index (χ3v) is 5.88. The van der Waals surface area contributed by atoms with Crippen molar-refractivity contribution in [1.29, 1.82) is 0 Å². The molecule has 4 amide bonds. The summed E-state index contributed by atoms with van der Waals surface area (Å²) >= 11 is 0. The summed E-state index contributed by atoms with van der Waals surface area (Å²) in [7, 11) is 0. The maximum absolute atomic E-state index is 13.3. The largest absolute Gasteiger partial charge is 0.480 e. The van der Waals surface area contributed by atoms with Crippen LogP contribution in [0.2, 0.25) is 0 Å². The molecule has 0 radical (unpaired) electrons. The fraction of sp³-hybridized carbons (Fsp3) is 0.462. The first-order chi connectivity index (χ1) is 18.5. The molecule has 4 unspecified atom stereocenters. The van der Waals surface area contributed by atoms with Crippen LogP contribution in [0.1, 0.15) is 44.4 Å². The molecule has 2 aromatic rings. The van der Waals surface area contributed by atoms with Crippen LogP contribution in [-0.2, 0) is 36.8 Å². The number of rotatable bonds is 16. The summed E-state index contributed by atoms with van der Waals surface area (Å²) in [6, 6.07) is 4.49. The third kappa shape index (κ3) is 10.9. The Morgan fingerprint density at radius 1 is 0.923 bits per heavy atom. The van der Waals surface area contributed by atoms with Gasteiger partial charge in [-0.1, -0.05) is 44.2 Å². The summed E-state index contributed by atoms with van der Waals surface area (Å²) in [6.07, 6.45) is 2.89. The normalized spacial score (nSPS) is 14.1. The van der Waals surface area contributed by atoms with E-state index in [-0.39, 0.29) is 38.0 Å². The summed E-state index contributed by atoms with van der Waals surface area (Å²) in [5.74, 6) is -4.01. The molecule has 0 spiro atoms. The second-order valence-corrected chi connectivity index (χ2v) is 9.73. The van der Waals surface area contributed by atoms with Gasteiger partial charge in [-0.25, -0.2) is 9.78 Å². The zero-order valence-corrected chi connectivity index (χ0v) is 22.1. The lowest BCUT2D eigenvalue weighted by Gasteiger charge is -2.25. The van der Waals surface area contributed by atoms with Gasteiger partial charge < -0.3 is 37.5 Å². The maximum atomic E-state index is 13.3. The van der Waals surface area contributed by atoms with Crippen LogP contribution >= 0.6 is 0 Å². The van der Waals surface area contributed by atoms with Crippen LogP contribution in [0.25, 0.3) is 0 Å². The zero-order valence-electron chi connectivity index (χ0n) is 22.1. The molecule has 0 aliphatic heterocycles. The Kier molecular flexibility index (Phi) is 12.1. The molecule has 0 aliphatic rings. The molecular formula is C26H37N7O6. The quantitative estimate of drug-likeness (QED) is 0.144. The number of aromatic amines is 1. The number of carbonyl (C=O) groups excluding carboxylic acids is 4. The number of hydrogen-bond acceptors (Lipinski definition) is 7. The Bertz CT molecular complexity index is 1110. The number of aromatic nitrogens is 2. The first-order valence-electron chi connectivity index (χ1n) is 12.6. The smallest absolute Gasteiger partial charge is 0.326 e. The molecule has 0 bridgehead atoms. The highest BCUT2D eigenvalue weighted by Crippen LogP contribution is 2.08. The van der Waals surface area contributed by atoms with E-state index in [9.17, 15) is 29.1 Å². The number of H-pyrrole nitrogens is 1. The summed E-state index contributed by atoms with van der Waals surface area (Å²) in [5.41, 5.74) is 12.6. The molecule has 1 aromatic carbocycles. The molecule has 39 heavy (non-hydrogen) atoms. The minimum atomic E-state index is -1.23. The van der Waals surface area contributed by atoms with Gasteiger partial charge in [0.25, 0.3) is 0 Å². The molecule has 0 aliphatic carbocycles. The van der Waals surface area contributed by atoms with Gasteiger partial charge in [-0.2, -0.15) is 0 Å². The van der Waals surface area contributed by atoms with E-state index in [0.717, 1.165) is 5.56 Å². The molecule has 212 valence electrons. The zero-order chi connectivity index (χ0) is 28.9. The number of carbonyl (C=O) groups is 5. The molecular weight excluding hydrogens is 506 g/mol. The number of hydrogen-bond donors (Lipinski definition) is 7. The summed E-state index contributed by atoms with van der Waals surface area (Å²) < 4.78 is 0. The Balaban J connectivity index is 2.18. The van der Waals surface area contributed by atoms with Crippen LogP contribution in [0.4, 0.5) is 0 Å². The molecule has 0 fully saturated rings. The maximum Gasteiger partial charge on any atom is 0.326 e. The predicted molar refractivity (Wildman–Crippen MR) is 142 cm³/mol. The van der Waals surface area contributed by atoms with Gasteiger partial charge in [0, 0.05) is 24.7 Å². The SMILES string of the molecule is CC(C)CC(NC(=O)C(Cc1cnc[nH]1)NC(=O)C(CCC(N)=O)NC(=O)C(N)Cc1ccccc1)C(=O)O. The average molecular weight is 544 g/mol. The van der Waals surface area contributed by atoms with Crippen molar-refractivity contribution in [3.05, 3.63) is 54.1 Å².